The van der Waals surface area contributed by atoms with Gasteiger partial charge in [-0.25, -0.2) is 0 Å². The van der Waals surface area contributed by atoms with E-state index in [1.807, 2.05) is 6.26 Å². The van der Waals surface area contributed by atoms with Crippen LogP contribution in [-0.2, 0) is 13.1 Å². The lowest BCUT2D eigenvalue weighted by Gasteiger charge is -2.26. The van der Waals surface area contributed by atoms with E-state index in [4.69, 9.17) is 4.42 Å². The van der Waals surface area contributed by atoms with Crippen molar-refractivity contribution in [2.75, 3.05) is 26.7 Å². The van der Waals surface area contributed by atoms with Gasteiger partial charge < -0.3 is 14.6 Å². The number of hydrogen-bond acceptors (Lipinski definition) is 4. The third kappa shape index (κ3) is 5.46. The maximum atomic E-state index is 5.75. The summed E-state index contributed by atoms with van der Waals surface area (Å²) in [6, 6.07) is 2.78. The van der Waals surface area contributed by atoms with Crippen LogP contribution >= 0.6 is 0 Å². The fourth-order valence-corrected chi connectivity index (χ4v) is 2.83. The minimum Gasteiger partial charge on any atom is -0.468 e. The first-order chi connectivity index (χ1) is 9.83. The minimum absolute atomic E-state index is 0.140. The van der Waals surface area contributed by atoms with Crippen molar-refractivity contribution in [3.8, 4) is 0 Å². The van der Waals surface area contributed by atoms with Crippen LogP contribution in [0.4, 0.5) is 0 Å². The molecule has 1 aromatic heterocycles. The summed E-state index contributed by atoms with van der Waals surface area (Å²) in [5, 5.41) is 3.50. The van der Waals surface area contributed by atoms with Crippen LogP contribution in [0.3, 0.4) is 0 Å². The predicted octanol–water partition coefficient (Wildman–Crippen LogP) is 2.69. The van der Waals surface area contributed by atoms with Crippen molar-refractivity contribution in [3.05, 3.63) is 23.7 Å². The molecule has 0 amide bonds. The van der Waals surface area contributed by atoms with Crippen LogP contribution in [0, 0.1) is 0 Å². The molecule has 120 valence electrons. The Balaban J connectivity index is 1.89. The van der Waals surface area contributed by atoms with Gasteiger partial charge in [0.15, 0.2) is 0 Å². The first-order valence-electron chi connectivity index (χ1n) is 8.07. The number of furan rings is 1. The van der Waals surface area contributed by atoms with E-state index < -0.39 is 0 Å². The largest absolute Gasteiger partial charge is 0.468 e. The van der Waals surface area contributed by atoms with Gasteiger partial charge in [0, 0.05) is 36.8 Å². The molecule has 2 heterocycles. The van der Waals surface area contributed by atoms with E-state index in [1.165, 1.54) is 18.5 Å². The molecule has 0 radical (unpaired) electrons. The smallest absolute Gasteiger partial charge is 0.118 e. The summed E-state index contributed by atoms with van der Waals surface area (Å²) in [5.41, 5.74) is 1.38. The van der Waals surface area contributed by atoms with Gasteiger partial charge in [0.25, 0.3) is 0 Å². The molecule has 1 atom stereocenters. The van der Waals surface area contributed by atoms with E-state index in [0.717, 1.165) is 31.9 Å². The van der Waals surface area contributed by atoms with Crippen LogP contribution in [0.15, 0.2) is 16.7 Å². The lowest BCUT2D eigenvalue weighted by Crippen LogP contribution is -2.37. The van der Waals surface area contributed by atoms with Crippen molar-refractivity contribution >= 4 is 0 Å². The quantitative estimate of drug-likeness (QED) is 0.925. The topological polar surface area (TPSA) is 31.6 Å². The van der Waals surface area contributed by atoms with Gasteiger partial charge >= 0.3 is 0 Å². The summed E-state index contributed by atoms with van der Waals surface area (Å²) >= 11 is 0. The summed E-state index contributed by atoms with van der Waals surface area (Å²) in [4.78, 5) is 4.95. The minimum atomic E-state index is 0.140. The van der Waals surface area contributed by atoms with Gasteiger partial charge in [0.05, 0.1) is 12.8 Å². The summed E-state index contributed by atoms with van der Waals surface area (Å²) < 4.78 is 5.75. The second kappa shape index (κ2) is 6.95. The zero-order chi connectivity index (χ0) is 15.5. The van der Waals surface area contributed by atoms with Gasteiger partial charge in [-0.15, -0.1) is 0 Å². The summed E-state index contributed by atoms with van der Waals surface area (Å²) in [6.07, 6.45) is 3.13. The molecule has 2 rings (SSSR count). The highest BCUT2D eigenvalue weighted by atomic mass is 16.3. The Morgan fingerprint density at radius 1 is 1.33 bits per heavy atom. The van der Waals surface area contributed by atoms with E-state index in [1.54, 1.807) is 0 Å². The number of likely N-dealkylation sites (N-methyl/N-ethyl adjacent to an activating group) is 1. The highest BCUT2D eigenvalue weighted by Gasteiger charge is 2.20. The van der Waals surface area contributed by atoms with Gasteiger partial charge in [-0.3, -0.25) is 4.90 Å². The molecule has 21 heavy (non-hydrogen) atoms. The average molecular weight is 293 g/mol. The van der Waals surface area contributed by atoms with Crippen molar-refractivity contribution in [2.45, 2.75) is 58.8 Å². The molecule has 1 N–H and O–H groups in total. The zero-order valence-corrected chi connectivity index (χ0v) is 14.3. The molecule has 1 saturated heterocycles. The molecule has 0 saturated carbocycles. The average Bonchev–Trinajstić information content (AvgIpc) is 2.75. The molecule has 0 aromatic carbocycles. The van der Waals surface area contributed by atoms with Crippen molar-refractivity contribution in [2.24, 2.45) is 0 Å². The van der Waals surface area contributed by atoms with Crippen LogP contribution < -0.4 is 5.32 Å². The second-order valence-corrected chi connectivity index (χ2v) is 7.46. The number of nitrogens with zero attached hydrogens (tertiary/aromatic N) is 2. The Bertz CT molecular complexity index is 435. The van der Waals surface area contributed by atoms with Crippen LogP contribution in [-0.4, -0.2) is 48.1 Å². The number of hydrogen-bond donors (Lipinski definition) is 1. The Labute approximate surface area is 129 Å². The fraction of sp³-hybridized carbons (Fsp3) is 0.765. The van der Waals surface area contributed by atoms with Gasteiger partial charge in [-0.05, 0) is 53.8 Å². The molecular formula is C17H31N3O. The molecule has 0 spiro atoms. The van der Waals surface area contributed by atoms with Gasteiger partial charge in [0.1, 0.15) is 5.76 Å². The van der Waals surface area contributed by atoms with E-state index in [0.29, 0.717) is 6.04 Å². The second-order valence-electron chi connectivity index (χ2n) is 7.46. The third-order valence-electron chi connectivity index (χ3n) is 4.07. The Hall–Kier alpha value is -0.840. The molecule has 1 aliphatic rings. The monoisotopic (exact) mass is 293 g/mol. The van der Waals surface area contributed by atoms with Crippen LogP contribution in [0.5, 0.6) is 0 Å². The molecule has 4 nitrogen and oxygen atoms in total. The standard InChI is InChI=1S/C17H31N3O/c1-14-11-19(5)7-6-8-20(14)12-16-9-15(13-21-16)10-18-17(2,3)4/h9,13-14,18H,6-8,10-12H2,1-5H3. The highest BCUT2D eigenvalue weighted by Crippen LogP contribution is 2.16. The molecule has 4 heteroatoms. The van der Waals surface area contributed by atoms with Crippen LogP contribution in [0.1, 0.15) is 45.4 Å². The van der Waals surface area contributed by atoms with E-state index >= 15 is 0 Å². The van der Waals surface area contributed by atoms with E-state index in [2.05, 4.69) is 55.9 Å². The predicted molar refractivity (Wildman–Crippen MR) is 87.3 cm³/mol. The summed E-state index contributed by atoms with van der Waals surface area (Å²) in [5.74, 6) is 1.08. The molecule has 1 fully saturated rings. The van der Waals surface area contributed by atoms with Crippen LogP contribution in [0.2, 0.25) is 0 Å². The molecule has 1 aliphatic heterocycles. The summed E-state index contributed by atoms with van der Waals surface area (Å²) in [7, 11) is 2.21. The Morgan fingerprint density at radius 2 is 2.10 bits per heavy atom. The van der Waals surface area contributed by atoms with Crippen LogP contribution in [0.25, 0.3) is 0 Å². The van der Waals surface area contributed by atoms with Crippen molar-refractivity contribution in [1.29, 1.82) is 0 Å². The summed E-state index contributed by atoms with van der Waals surface area (Å²) in [6.45, 7) is 14.1. The molecular weight excluding hydrogens is 262 g/mol. The van der Waals surface area contributed by atoms with Crippen molar-refractivity contribution < 1.29 is 4.42 Å². The highest BCUT2D eigenvalue weighted by molar-refractivity contribution is 5.13. The van der Waals surface area contributed by atoms with Crippen molar-refractivity contribution in [1.82, 2.24) is 15.1 Å². The lowest BCUT2D eigenvalue weighted by molar-refractivity contribution is 0.181. The van der Waals surface area contributed by atoms with Gasteiger partial charge in [0.2, 0.25) is 0 Å². The van der Waals surface area contributed by atoms with Gasteiger partial charge in [-0.1, -0.05) is 0 Å². The lowest BCUT2D eigenvalue weighted by atomic mass is 10.1. The SMILES string of the molecule is CC1CN(C)CCCN1Cc1cc(CNC(C)(C)C)co1. The molecule has 1 aromatic rings. The Kier molecular flexibility index (Phi) is 5.47. The molecule has 0 aliphatic carbocycles. The first-order valence-corrected chi connectivity index (χ1v) is 8.07. The number of rotatable bonds is 4. The first kappa shape index (κ1) is 16.5. The fourth-order valence-electron chi connectivity index (χ4n) is 2.83. The third-order valence-corrected chi connectivity index (χ3v) is 4.07. The van der Waals surface area contributed by atoms with Gasteiger partial charge in [-0.2, -0.15) is 0 Å². The van der Waals surface area contributed by atoms with E-state index in [-0.39, 0.29) is 5.54 Å². The Morgan fingerprint density at radius 3 is 2.81 bits per heavy atom. The zero-order valence-electron chi connectivity index (χ0n) is 14.3. The molecule has 1 unspecified atom stereocenters. The van der Waals surface area contributed by atoms with Crippen molar-refractivity contribution in [3.63, 3.8) is 0 Å². The maximum absolute atomic E-state index is 5.75. The van der Waals surface area contributed by atoms with E-state index in [9.17, 15) is 0 Å². The maximum Gasteiger partial charge on any atom is 0.118 e. The number of nitrogens with one attached hydrogen (secondary N) is 1. The normalized spacial score (nSPS) is 22.4. The molecule has 0 bridgehead atoms.